The van der Waals surface area contributed by atoms with Crippen LogP contribution in [0.1, 0.15) is 45.7 Å². The van der Waals surface area contributed by atoms with Crippen molar-refractivity contribution < 1.29 is 4.92 Å². The fourth-order valence-corrected chi connectivity index (χ4v) is 2.16. The zero-order valence-electron chi connectivity index (χ0n) is 13.5. The van der Waals surface area contributed by atoms with Crippen molar-refractivity contribution in [3.05, 3.63) is 15.8 Å². The second-order valence-electron chi connectivity index (χ2n) is 5.12. The molecule has 21 heavy (non-hydrogen) atoms. The van der Waals surface area contributed by atoms with Crippen molar-refractivity contribution in [2.75, 3.05) is 23.8 Å². The number of nitrogens with one attached hydrogen (secondary N) is 1. The smallest absolute Gasteiger partial charge is 0.332 e. The quantitative estimate of drug-likeness (QED) is 0.586. The van der Waals surface area contributed by atoms with Gasteiger partial charge in [-0.3, -0.25) is 10.1 Å². The summed E-state index contributed by atoms with van der Waals surface area (Å²) >= 11 is 0. The van der Waals surface area contributed by atoms with Gasteiger partial charge in [-0.05, 0) is 26.7 Å². The molecule has 0 radical (unpaired) electrons. The number of hydrogen-bond acceptors (Lipinski definition) is 6. The Balaban J connectivity index is 3.38. The molecule has 7 heteroatoms. The number of hydrogen-bond donors (Lipinski definition) is 1. The van der Waals surface area contributed by atoms with Gasteiger partial charge in [0, 0.05) is 19.6 Å². The lowest BCUT2D eigenvalue weighted by molar-refractivity contribution is -0.385. The molecule has 1 unspecified atom stereocenters. The first-order valence-corrected chi connectivity index (χ1v) is 7.43. The zero-order valence-corrected chi connectivity index (χ0v) is 13.5. The number of nitro groups is 1. The number of anilines is 2. The van der Waals surface area contributed by atoms with E-state index < -0.39 is 0 Å². The van der Waals surface area contributed by atoms with Gasteiger partial charge in [0.25, 0.3) is 0 Å². The summed E-state index contributed by atoms with van der Waals surface area (Å²) in [5.41, 5.74) is 0.393. The largest absolute Gasteiger partial charge is 0.357 e. The molecule has 0 aliphatic carbocycles. The molecule has 1 atom stereocenters. The van der Waals surface area contributed by atoms with Crippen molar-refractivity contribution in [2.45, 2.75) is 53.0 Å². The lowest BCUT2D eigenvalue weighted by atomic mass is 10.2. The number of aryl methyl sites for hydroxylation is 1. The Kier molecular flexibility index (Phi) is 6.33. The number of unbranched alkanes of at least 4 members (excludes halogenated alkanes) is 1. The Morgan fingerprint density at radius 1 is 1.38 bits per heavy atom. The number of nitrogens with zero attached hydrogens (tertiary/aromatic N) is 4. The van der Waals surface area contributed by atoms with Gasteiger partial charge in [-0.25, -0.2) is 4.98 Å². The van der Waals surface area contributed by atoms with E-state index in [1.807, 2.05) is 4.90 Å². The Morgan fingerprint density at radius 3 is 2.52 bits per heavy atom. The minimum atomic E-state index is -0.383. The van der Waals surface area contributed by atoms with Gasteiger partial charge in [0.15, 0.2) is 0 Å². The molecule has 0 aliphatic rings. The topological polar surface area (TPSA) is 84.2 Å². The maximum absolute atomic E-state index is 11.4. The van der Waals surface area contributed by atoms with Crippen LogP contribution in [0.25, 0.3) is 0 Å². The molecule has 0 amide bonds. The molecule has 7 nitrogen and oxygen atoms in total. The Hall–Kier alpha value is -1.92. The van der Waals surface area contributed by atoms with Crippen LogP contribution in [-0.2, 0) is 0 Å². The summed E-state index contributed by atoms with van der Waals surface area (Å²) in [7, 11) is 1.71. The molecule has 0 fully saturated rings. The van der Waals surface area contributed by atoms with Crippen molar-refractivity contribution >= 4 is 17.5 Å². The first kappa shape index (κ1) is 17.1. The highest BCUT2D eigenvalue weighted by Gasteiger charge is 2.28. The fourth-order valence-electron chi connectivity index (χ4n) is 2.16. The molecular formula is C14H25N5O2. The van der Waals surface area contributed by atoms with E-state index in [2.05, 4.69) is 36.1 Å². The van der Waals surface area contributed by atoms with Gasteiger partial charge in [0.1, 0.15) is 5.69 Å². The van der Waals surface area contributed by atoms with E-state index in [1.54, 1.807) is 14.0 Å². The number of rotatable bonds is 8. The van der Waals surface area contributed by atoms with Gasteiger partial charge in [-0.1, -0.05) is 20.3 Å². The highest BCUT2D eigenvalue weighted by molar-refractivity contribution is 5.62. The molecule has 1 N–H and O–H groups in total. The molecule has 1 aromatic heterocycles. The van der Waals surface area contributed by atoms with Crippen LogP contribution < -0.4 is 10.2 Å². The van der Waals surface area contributed by atoms with Crippen LogP contribution in [0, 0.1) is 17.0 Å². The van der Waals surface area contributed by atoms with Crippen LogP contribution in [0.2, 0.25) is 0 Å². The van der Waals surface area contributed by atoms with Crippen molar-refractivity contribution in [1.29, 1.82) is 0 Å². The molecule has 118 valence electrons. The van der Waals surface area contributed by atoms with Crippen molar-refractivity contribution in [2.24, 2.45) is 0 Å². The van der Waals surface area contributed by atoms with Gasteiger partial charge in [0.2, 0.25) is 11.8 Å². The van der Waals surface area contributed by atoms with Gasteiger partial charge >= 0.3 is 5.69 Å². The van der Waals surface area contributed by atoms with Crippen LogP contribution >= 0.6 is 0 Å². The average Bonchev–Trinajstić information content (AvgIpc) is 2.46. The Labute approximate surface area is 125 Å². The van der Waals surface area contributed by atoms with E-state index in [4.69, 9.17) is 0 Å². The van der Waals surface area contributed by atoms with Crippen LogP contribution in [-0.4, -0.2) is 34.5 Å². The van der Waals surface area contributed by atoms with Gasteiger partial charge < -0.3 is 10.2 Å². The second-order valence-corrected chi connectivity index (χ2v) is 5.12. The molecule has 1 heterocycles. The van der Waals surface area contributed by atoms with E-state index >= 15 is 0 Å². The van der Waals surface area contributed by atoms with E-state index in [0.717, 1.165) is 25.8 Å². The SMILES string of the molecule is CCCCN(c1nc(NC)nc(C)c1[N+](=O)[O-])C(C)CC. The van der Waals surface area contributed by atoms with E-state index in [0.29, 0.717) is 17.5 Å². The van der Waals surface area contributed by atoms with E-state index in [9.17, 15) is 10.1 Å². The highest BCUT2D eigenvalue weighted by Crippen LogP contribution is 2.31. The minimum absolute atomic E-state index is 0.00500. The lowest BCUT2D eigenvalue weighted by Crippen LogP contribution is -2.35. The highest BCUT2D eigenvalue weighted by atomic mass is 16.6. The third kappa shape index (κ3) is 4.03. The molecule has 0 aliphatic heterocycles. The fraction of sp³-hybridized carbons (Fsp3) is 0.714. The maximum Gasteiger partial charge on any atom is 0.332 e. The standard InChI is InChI=1S/C14H25N5O2/c1-6-8-9-18(10(3)7-2)13-12(19(20)21)11(4)16-14(15-5)17-13/h10H,6-9H2,1-5H3,(H,15,16,17). The van der Waals surface area contributed by atoms with Crippen LogP contribution in [0.3, 0.4) is 0 Å². The van der Waals surface area contributed by atoms with Crippen molar-refractivity contribution in [3.8, 4) is 0 Å². The summed E-state index contributed by atoms with van der Waals surface area (Å²) in [4.78, 5) is 21.5. The van der Waals surface area contributed by atoms with Crippen molar-refractivity contribution in [1.82, 2.24) is 9.97 Å². The predicted molar refractivity (Wildman–Crippen MR) is 85.0 cm³/mol. The Bertz CT molecular complexity index is 492. The average molecular weight is 295 g/mol. The van der Waals surface area contributed by atoms with Gasteiger partial charge in [-0.15, -0.1) is 0 Å². The van der Waals surface area contributed by atoms with Crippen molar-refractivity contribution in [3.63, 3.8) is 0 Å². The summed E-state index contributed by atoms with van der Waals surface area (Å²) in [5, 5.41) is 14.3. The summed E-state index contributed by atoms with van der Waals surface area (Å²) in [5.74, 6) is 0.831. The molecule has 0 bridgehead atoms. The summed E-state index contributed by atoms with van der Waals surface area (Å²) in [6.45, 7) is 8.65. The minimum Gasteiger partial charge on any atom is -0.357 e. The summed E-state index contributed by atoms with van der Waals surface area (Å²) in [6, 6.07) is 0.189. The third-order valence-electron chi connectivity index (χ3n) is 3.59. The second kappa shape index (κ2) is 7.75. The van der Waals surface area contributed by atoms with E-state index in [-0.39, 0.29) is 16.7 Å². The molecular weight excluding hydrogens is 270 g/mol. The zero-order chi connectivity index (χ0) is 16.0. The van der Waals surface area contributed by atoms with Crippen LogP contribution in [0.15, 0.2) is 0 Å². The normalized spacial score (nSPS) is 12.0. The molecule has 0 saturated carbocycles. The van der Waals surface area contributed by atoms with Crippen LogP contribution in [0.5, 0.6) is 0 Å². The Morgan fingerprint density at radius 2 is 2.05 bits per heavy atom. The van der Waals surface area contributed by atoms with Gasteiger partial charge in [-0.2, -0.15) is 4.98 Å². The maximum atomic E-state index is 11.4. The molecule has 0 spiro atoms. The predicted octanol–water partition coefficient (Wildman–Crippen LogP) is 3.14. The monoisotopic (exact) mass is 295 g/mol. The molecule has 0 saturated heterocycles. The first-order chi connectivity index (χ1) is 9.96. The lowest BCUT2D eigenvalue weighted by Gasteiger charge is -2.29. The molecule has 0 aromatic carbocycles. The molecule has 1 rings (SSSR count). The number of aromatic nitrogens is 2. The molecule has 1 aromatic rings. The van der Waals surface area contributed by atoms with Crippen LogP contribution in [0.4, 0.5) is 17.5 Å². The third-order valence-corrected chi connectivity index (χ3v) is 3.59. The van der Waals surface area contributed by atoms with E-state index in [1.165, 1.54) is 0 Å². The summed E-state index contributed by atoms with van der Waals surface area (Å²) in [6.07, 6.45) is 2.90. The first-order valence-electron chi connectivity index (χ1n) is 7.43. The summed E-state index contributed by atoms with van der Waals surface area (Å²) < 4.78 is 0. The van der Waals surface area contributed by atoms with Gasteiger partial charge in [0.05, 0.1) is 4.92 Å².